The summed E-state index contributed by atoms with van der Waals surface area (Å²) in [6.45, 7) is 0. The molecule has 6 aromatic carbocycles. The van der Waals surface area contributed by atoms with E-state index in [1.54, 1.807) is 30.5 Å². The third-order valence-corrected chi connectivity index (χ3v) is 6.17. The third kappa shape index (κ3) is 4.74. The minimum absolute atomic E-state index is 0.483. The summed E-state index contributed by atoms with van der Waals surface area (Å²) in [6, 6.07) is 34.3. The van der Waals surface area contributed by atoms with Gasteiger partial charge in [-0.15, -0.1) is 5.26 Å². The van der Waals surface area contributed by atoms with Crippen LogP contribution in [0.2, 0.25) is 0 Å². The number of nitriles is 1. The number of ether oxygens (including phenoxy) is 3. The lowest BCUT2D eigenvalue weighted by Crippen LogP contribution is -1.87. The lowest BCUT2D eigenvalue weighted by atomic mass is 10.1. The average molecular weight is 495 g/mol. The molecule has 6 heteroatoms. The van der Waals surface area contributed by atoms with Crippen LogP contribution in [0.5, 0.6) is 28.7 Å². The Bertz CT molecular complexity index is 1930. The summed E-state index contributed by atoms with van der Waals surface area (Å²) in [6.07, 6.45) is 3.27. The van der Waals surface area contributed by atoms with Gasteiger partial charge in [0, 0.05) is 0 Å². The second kappa shape index (κ2) is 9.79. The second-order valence-corrected chi connectivity index (χ2v) is 8.64. The molecule has 0 aliphatic heterocycles. The average Bonchev–Trinajstić information content (AvgIpc) is 2.93. The van der Waals surface area contributed by atoms with E-state index in [4.69, 9.17) is 19.5 Å². The van der Waals surface area contributed by atoms with Crippen LogP contribution in [0.1, 0.15) is 0 Å². The van der Waals surface area contributed by atoms with Crippen molar-refractivity contribution in [2.75, 3.05) is 0 Å². The molecule has 6 aromatic rings. The number of hydrogen-bond donors (Lipinski definition) is 0. The minimum Gasteiger partial charge on any atom is -0.457 e. The largest absolute Gasteiger partial charge is 0.457 e. The number of carbonyl (C=O) groups excluding carboxylic acids is 1. The molecular formula is C32H18N2O4. The maximum atomic E-state index is 10.6. The Balaban J connectivity index is 1.26. The van der Waals surface area contributed by atoms with Crippen molar-refractivity contribution < 1.29 is 19.0 Å². The maximum absolute atomic E-state index is 10.6. The molecule has 0 atom stereocenters. The molecule has 0 spiro atoms. The summed E-state index contributed by atoms with van der Waals surface area (Å²) in [5.74, 6) is 3.20. The number of nitrogens with zero attached hydrogens (tertiary/aromatic N) is 2. The van der Waals surface area contributed by atoms with E-state index in [0.717, 1.165) is 32.3 Å². The minimum atomic E-state index is 0.483. The summed E-state index contributed by atoms with van der Waals surface area (Å²) >= 11 is 0. The van der Waals surface area contributed by atoms with E-state index >= 15 is 0 Å². The van der Waals surface area contributed by atoms with Crippen molar-refractivity contribution in [2.24, 2.45) is 4.99 Å². The molecule has 180 valence electrons. The van der Waals surface area contributed by atoms with Crippen molar-refractivity contribution in [2.45, 2.75) is 0 Å². The monoisotopic (exact) mass is 494 g/mol. The Morgan fingerprint density at radius 1 is 0.500 bits per heavy atom. The second-order valence-electron chi connectivity index (χ2n) is 8.64. The van der Waals surface area contributed by atoms with E-state index in [1.165, 1.54) is 0 Å². The smallest absolute Gasteiger partial charge is 0.292 e. The van der Waals surface area contributed by atoms with Crippen molar-refractivity contribution in [3.8, 4) is 35.0 Å². The number of aliphatic imine (C=N–C) groups is 1. The molecular weight excluding hydrogens is 476 g/mol. The predicted octanol–water partition coefficient (Wildman–Crippen LogP) is 8.56. The molecule has 0 aliphatic carbocycles. The van der Waals surface area contributed by atoms with E-state index in [-0.39, 0.29) is 0 Å². The van der Waals surface area contributed by atoms with E-state index in [2.05, 4.69) is 4.99 Å². The highest BCUT2D eigenvalue weighted by Crippen LogP contribution is 2.33. The van der Waals surface area contributed by atoms with Gasteiger partial charge in [0.25, 0.3) is 6.26 Å². The molecule has 0 N–H and O–H groups in total. The van der Waals surface area contributed by atoms with Crippen LogP contribution >= 0.6 is 0 Å². The van der Waals surface area contributed by atoms with Crippen molar-refractivity contribution >= 4 is 44.1 Å². The maximum Gasteiger partial charge on any atom is 0.292 e. The SMILES string of the molecule is N#COc1ccc2ccc(Oc3ccc4ccc(Oc5ccc6ccc(N=C=O)cc6c5)cc4c3)cc2c1. The van der Waals surface area contributed by atoms with E-state index in [9.17, 15) is 4.79 Å². The summed E-state index contributed by atoms with van der Waals surface area (Å²) in [5.41, 5.74) is 0.547. The first kappa shape index (κ1) is 22.8. The van der Waals surface area contributed by atoms with Gasteiger partial charge in [0.1, 0.15) is 28.7 Å². The van der Waals surface area contributed by atoms with Crippen molar-refractivity contribution in [3.63, 3.8) is 0 Å². The first-order chi connectivity index (χ1) is 18.7. The first-order valence-corrected chi connectivity index (χ1v) is 11.8. The fraction of sp³-hybridized carbons (Fsp3) is 0. The highest BCUT2D eigenvalue weighted by molar-refractivity contribution is 5.88. The van der Waals surface area contributed by atoms with Crippen LogP contribution in [0.25, 0.3) is 32.3 Å². The zero-order valence-corrected chi connectivity index (χ0v) is 19.9. The molecule has 0 aliphatic rings. The molecule has 38 heavy (non-hydrogen) atoms. The van der Waals surface area contributed by atoms with Crippen LogP contribution in [-0.2, 0) is 4.79 Å². The van der Waals surface area contributed by atoms with Crippen LogP contribution in [0.4, 0.5) is 5.69 Å². The van der Waals surface area contributed by atoms with E-state index in [0.29, 0.717) is 34.4 Å². The summed E-state index contributed by atoms with van der Waals surface area (Å²) < 4.78 is 17.2. The molecule has 0 unspecified atom stereocenters. The zero-order valence-electron chi connectivity index (χ0n) is 19.9. The van der Waals surface area contributed by atoms with Gasteiger partial charge in [-0.05, 0) is 105 Å². The Hall–Kier alpha value is -5.63. The van der Waals surface area contributed by atoms with E-state index < -0.39 is 0 Å². The van der Waals surface area contributed by atoms with Gasteiger partial charge in [0.15, 0.2) is 0 Å². The number of isocyanates is 1. The molecule has 0 radical (unpaired) electrons. The number of rotatable bonds is 6. The van der Waals surface area contributed by atoms with Gasteiger partial charge in [-0.25, -0.2) is 4.79 Å². The molecule has 0 saturated heterocycles. The lowest BCUT2D eigenvalue weighted by Gasteiger charge is -2.11. The predicted molar refractivity (Wildman–Crippen MR) is 146 cm³/mol. The van der Waals surface area contributed by atoms with Crippen molar-refractivity contribution in [1.29, 1.82) is 5.26 Å². The Labute approximate surface area is 217 Å². The lowest BCUT2D eigenvalue weighted by molar-refractivity contribution is 0.482. The van der Waals surface area contributed by atoms with Gasteiger partial charge in [-0.2, -0.15) is 4.99 Å². The highest BCUT2D eigenvalue weighted by atomic mass is 16.5. The Morgan fingerprint density at radius 2 is 0.895 bits per heavy atom. The normalized spacial score (nSPS) is 10.6. The third-order valence-electron chi connectivity index (χ3n) is 6.17. The quantitative estimate of drug-likeness (QED) is 0.132. The van der Waals surface area contributed by atoms with E-state index in [1.807, 2.05) is 91.0 Å². The van der Waals surface area contributed by atoms with Gasteiger partial charge in [-0.3, -0.25) is 0 Å². The van der Waals surface area contributed by atoms with Crippen molar-refractivity contribution in [1.82, 2.24) is 0 Å². The van der Waals surface area contributed by atoms with Crippen LogP contribution in [0.15, 0.2) is 114 Å². The molecule has 0 bridgehead atoms. The van der Waals surface area contributed by atoms with Gasteiger partial charge in [-0.1, -0.05) is 36.4 Å². The van der Waals surface area contributed by atoms with Gasteiger partial charge in [0.2, 0.25) is 6.08 Å². The fourth-order valence-corrected chi connectivity index (χ4v) is 4.38. The highest BCUT2D eigenvalue weighted by Gasteiger charge is 2.06. The van der Waals surface area contributed by atoms with Crippen LogP contribution in [0, 0.1) is 11.5 Å². The number of hydrogen-bond acceptors (Lipinski definition) is 6. The molecule has 0 aromatic heterocycles. The standard InChI is InChI=1S/C32H18N2O4/c33-19-36-28-8-2-22-4-10-30(16-25(22)14-28)38-32-12-6-23-5-11-31(17-26(23)18-32)37-29-9-3-21-1-7-27(34-20-35)13-24(21)15-29/h1-18H. The summed E-state index contributed by atoms with van der Waals surface area (Å²) in [5, 5.41) is 14.7. The van der Waals surface area contributed by atoms with Crippen LogP contribution in [-0.4, -0.2) is 6.08 Å². The molecule has 6 rings (SSSR count). The van der Waals surface area contributed by atoms with Crippen LogP contribution in [0.3, 0.4) is 0 Å². The fourth-order valence-electron chi connectivity index (χ4n) is 4.38. The topological polar surface area (TPSA) is 80.9 Å². The Kier molecular flexibility index (Phi) is 5.88. The molecule has 0 fully saturated rings. The summed E-state index contributed by atoms with van der Waals surface area (Å²) in [7, 11) is 0. The molecule has 0 saturated carbocycles. The molecule has 0 amide bonds. The number of fused-ring (bicyclic) bond motifs is 3. The molecule has 6 nitrogen and oxygen atoms in total. The van der Waals surface area contributed by atoms with Gasteiger partial charge >= 0.3 is 0 Å². The first-order valence-electron chi connectivity index (χ1n) is 11.8. The Morgan fingerprint density at radius 3 is 1.34 bits per heavy atom. The van der Waals surface area contributed by atoms with Crippen LogP contribution < -0.4 is 14.2 Å². The molecule has 0 heterocycles. The summed E-state index contributed by atoms with van der Waals surface area (Å²) in [4.78, 5) is 14.3. The number of benzene rings is 6. The van der Waals surface area contributed by atoms with Gasteiger partial charge < -0.3 is 14.2 Å². The van der Waals surface area contributed by atoms with Crippen molar-refractivity contribution in [3.05, 3.63) is 109 Å². The zero-order chi connectivity index (χ0) is 25.9. The van der Waals surface area contributed by atoms with Gasteiger partial charge in [0.05, 0.1) is 5.69 Å².